The van der Waals surface area contributed by atoms with Crippen LogP contribution in [-0.4, -0.2) is 107 Å². The molecular weight excluding hydrogens is 524 g/mol. The molecule has 12 nitrogen and oxygen atoms in total. The van der Waals surface area contributed by atoms with E-state index in [-0.39, 0.29) is 37.7 Å². The highest BCUT2D eigenvalue weighted by Crippen LogP contribution is 2.30. The van der Waals surface area contributed by atoms with Gasteiger partial charge in [-0.2, -0.15) is 0 Å². The van der Waals surface area contributed by atoms with Crippen LogP contribution in [0.25, 0.3) is 0 Å². The van der Waals surface area contributed by atoms with Crippen LogP contribution in [0.1, 0.15) is 17.0 Å². The number of esters is 1. The normalized spacial score (nSPS) is 21.5. The van der Waals surface area contributed by atoms with Crippen LogP contribution in [-0.2, 0) is 20.7 Å². The van der Waals surface area contributed by atoms with Crippen LogP contribution < -0.4 is 10.2 Å². The first-order chi connectivity index (χ1) is 18.9. The molecule has 2 atom stereocenters. The Morgan fingerprint density at radius 2 is 2.03 bits per heavy atom. The zero-order chi connectivity index (χ0) is 27.5. The standard InChI is InChI=1S/C26H30N6O6S/c1-38-25(36)18-12-28-23(24-27-8-11-39-24)29-19(18)13-30-9-10-31-20(21(30)15-33)14-32(26(31)37)17-5-2-16(3-6-17)4-7-22(34)35/h2-3,5-6,8,11,20-21,33H,4,7,9-10,12-15H2,1H3,(H,28,29)(H,34,35)/t20-,21?/m1/s1. The summed E-state index contributed by atoms with van der Waals surface area (Å²) in [4.78, 5) is 51.1. The minimum absolute atomic E-state index is 0.0476. The Morgan fingerprint density at radius 1 is 1.23 bits per heavy atom. The maximum absolute atomic E-state index is 13.3. The summed E-state index contributed by atoms with van der Waals surface area (Å²) in [5.74, 6) is -0.733. The molecule has 13 heteroatoms. The molecule has 3 N–H and O–H groups in total. The van der Waals surface area contributed by atoms with Gasteiger partial charge in [0.2, 0.25) is 0 Å². The quantitative estimate of drug-likeness (QED) is 0.385. The van der Waals surface area contributed by atoms with Crippen molar-refractivity contribution >= 4 is 40.8 Å². The monoisotopic (exact) mass is 554 g/mol. The van der Waals surface area contributed by atoms with Gasteiger partial charge in [0.15, 0.2) is 10.8 Å². The van der Waals surface area contributed by atoms with E-state index in [1.54, 1.807) is 16.0 Å². The van der Waals surface area contributed by atoms with Crippen molar-refractivity contribution in [3.8, 4) is 0 Å². The number of amidine groups is 1. The molecule has 5 rings (SSSR count). The van der Waals surface area contributed by atoms with Crippen LogP contribution in [0.4, 0.5) is 10.5 Å². The third-order valence-corrected chi connectivity index (χ3v) is 8.09. The van der Waals surface area contributed by atoms with Crippen LogP contribution >= 0.6 is 11.3 Å². The number of ether oxygens (including phenoxy) is 1. The number of aromatic nitrogens is 1. The summed E-state index contributed by atoms with van der Waals surface area (Å²) in [6.07, 6.45) is 2.16. The number of amides is 2. The Labute approximate surface area is 229 Å². The second kappa shape index (κ2) is 11.5. The molecule has 1 unspecified atom stereocenters. The number of carbonyl (C=O) groups excluding carboxylic acids is 2. The summed E-state index contributed by atoms with van der Waals surface area (Å²) in [6, 6.07) is 6.63. The highest BCUT2D eigenvalue weighted by atomic mass is 32.1. The fourth-order valence-electron chi connectivity index (χ4n) is 5.26. The number of aliphatic carboxylic acids is 1. The molecule has 2 amide bonds. The first kappa shape index (κ1) is 26.8. The summed E-state index contributed by atoms with van der Waals surface area (Å²) in [7, 11) is 1.33. The fourth-order valence-corrected chi connectivity index (χ4v) is 5.86. The van der Waals surface area contributed by atoms with E-state index < -0.39 is 11.9 Å². The van der Waals surface area contributed by atoms with Gasteiger partial charge in [-0.25, -0.2) is 14.6 Å². The number of carboxylic acids is 1. The average Bonchev–Trinajstić information content (AvgIpc) is 3.60. The summed E-state index contributed by atoms with van der Waals surface area (Å²) in [5.41, 5.74) is 2.68. The number of fused-ring (bicyclic) bond motifs is 1. The number of hydrogen-bond donors (Lipinski definition) is 3. The number of rotatable bonds is 9. The van der Waals surface area contributed by atoms with Gasteiger partial charge in [0.25, 0.3) is 0 Å². The number of anilines is 1. The number of urea groups is 1. The van der Waals surface area contributed by atoms with Crippen LogP contribution in [0.5, 0.6) is 0 Å². The molecule has 0 aliphatic carbocycles. The zero-order valence-electron chi connectivity index (χ0n) is 21.4. The Morgan fingerprint density at radius 3 is 2.69 bits per heavy atom. The predicted octanol–water partition coefficient (Wildman–Crippen LogP) is 0.925. The van der Waals surface area contributed by atoms with E-state index in [1.165, 1.54) is 18.4 Å². The number of carboxylic acid groups (broad SMARTS) is 1. The van der Waals surface area contributed by atoms with Crippen LogP contribution in [0.15, 0.2) is 52.1 Å². The molecule has 0 saturated carbocycles. The van der Waals surface area contributed by atoms with Gasteiger partial charge in [-0.05, 0) is 24.1 Å². The molecule has 206 valence electrons. The lowest BCUT2D eigenvalue weighted by molar-refractivity contribution is -0.137. The highest BCUT2D eigenvalue weighted by molar-refractivity contribution is 7.11. The molecule has 3 aliphatic rings. The van der Waals surface area contributed by atoms with Crippen molar-refractivity contribution < 1.29 is 29.3 Å². The maximum atomic E-state index is 13.3. The number of thiazole rings is 1. The molecule has 0 spiro atoms. The lowest BCUT2D eigenvalue weighted by Gasteiger charge is -2.43. The van der Waals surface area contributed by atoms with E-state index in [1.807, 2.05) is 29.6 Å². The summed E-state index contributed by atoms with van der Waals surface area (Å²) < 4.78 is 4.99. The number of methoxy groups -OCH3 is 1. The van der Waals surface area contributed by atoms with E-state index in [9.17, 15) is 19.5 Å². The molecule has 1 aromatic heterocycles. The van der Waals surface area contributed by atoms with Gasteiger partial charge in [-0.3, -0.25) is 19.6 Å². The lowest BCUT2D eigenvalue weighted by atomic mass is 10.0. The zero-order valence-corrected chi connectivity index (χ0v) is 22.3. The fraction of sp³-hybridized carbons (Fsp3) is 0.423. The van der Waals surface area contributed by atoms with Crippen molar-refractivity contribution in [2.24, 2.45) is 4.99 Å². The number of nitrogens with zero attached hydrogens (tertiary/aromatic N) is 5. The number of benzene rings is 1. The minimum atomic E-state index is -0.852. The van der Waals surface area contributed by atoms with E-state index >= 15 is 0 Å². The number of aliphatic hydroxyl groups excluding tert-OH is 1. The lowest BCUT2D eigenvalue weighted by Crippen LogP contribution is -2.61. The van der Waals surface area contributed by atoms with Crippen molar-refractivity contribution in [2.75, 3.05) is 51.3 Å². The van der Waals surface area contributed by atoms with Gasteiger partial charge in [0.05, 0.1) is 37.9 Å². The molecule has 0 radical (unpaired) electrons. The molecule has 39 heavy (non-hydrogen) atoms. The number of nitrogens with one attached hydrogen (secondary N) is 1. The first-order valence-corrected chi connectivity index (χ1v) is 13.5. The topological polar surface area (TPSA) is 148 Å². The van der Waals surface area contributed by atoms with Crippen molar-refractivity contribution in [3.05, 3.63) is 57.7 Å². The third-order valence-electron chi connectivity index (χ3n) is 7.31. The Hall–Kier alpha value is -3.81. The van der Waals surface area contributed by atoms with Crippen molar-refractivity contribution in [3.63, 3.8) is 0 Å². The largest absolute Gasteiger partial charge is 0.481 e. The van der Waals surface area contributed by atoms with E-state index in [2.05, 4.69) is 20.2 Å². The molecule has 2 aromatic rings. The number of aryl methyl sites for hydroxylation is 1. The van der Waals surface area contributed by atoms with Crippen molar-refractivity contribution in [2.45, 2.75) is 24.9 Å². The van der Waals surface area contributed by atoms with Gasteiger partial charge in [-0.1, -0.05) is 12.1 Å². The van der Waals surface area contributed by atoms with Crippen molar-refractivity contribution in [1.82, 2.24) is 20.1 Å². The molecule has 2 fully saturated rings. The average molecular weight is 555 g/mol. The van der Waals surface area contributed by atoms with E-state index in [0.29, 0.717) is 54.7 Å². The molecule has 2 saturated heterocycles. The van der Waals surface area contributed by atoms with Crippen LogP contribution in [0, 0.1) is 0 Å². The van der Waals surface area contributed by atoms with E-state index in [4.69, 9.17) is 9.84 Å². The molecule has 3 aliphatic heterocycles. The highest BCUT2D eigenvalue weighted by Gasteiger charge is 2.47. The summed E-state index contributed by atoms with van der Waals surface area (Å²) >= 11 is 1.44. The Kier molecular flexibility index (Phi) is 7.91. The number of aliphatic hydroxyl groups is 1. The van der Waals surface area contributed by atoms with Crippen molar-refractivity contribution in [1.29, 1.82) is 0 Å². The summed E-state index contributed by atoms with van der Waals surface area (Å²) in [5, 5.41) is 25.2. The first-order valence-electron chi connectivity index (χ1n) is 12.6. The van der Waals surface area contributed by atoms with Gasteiger partial charge in [-0.15, -0.1) is 11.3 Å². The smallest absolute Gasteiger partial charge is 0.337 e. The SMILES string of the molecule is COC(=O)C1=C(CN2CCN3C(=O)N(c4ccc(CCC(=O)O)cc4)C[C@@H]3C2CO)NC(c2nccs2)=NC1. The molecule has 1 aromatic carbocycles. The van der Waals surface area contributed by atoms with Crippen LogP contribution in [0.3, 0.4) is 0 Å². The molecule has 0 bridgehead atoms. The number of aliphatic imine (C=N–C) groups is 1. The van der Waals surface area contributed by atoms with E-state index in [0.717, 1.165) is 11.3 Å². The number of carbonyl (C=O) groups is 3. The van der Waals surface area contributed by atoms with Crippen LogP contribution in [0.2, 0.25) is 0 Å². The predicted molar refractivity (Wildman–Crippen MR) is 144 cm³/mol. The Balaban J connectivity index is 1.32. The second-order valence-corrected chi connectivity index (χ2v) is 10.4. The summed E-state index contributed by atoms with van der Waals surface area (Å²) in [6.45, 7) is 1.73. The molecular formula is C26H30N6O6S. The van der Waals surface area contributed by atoms with Gasteiger partial charge in [0.1, 0.15) is 0 Å². The van der Waals surface area contributed by atoms with Gasteiger partial charge in [0, 0.05) is 55.6 Å². The van der Waals surface area contributed by atoms with Gasteiger partial charge < -0.3 is 25.2 Å². The maximum Gasteiger partial charge on any atom is 0.337 e. The number of piperazine rings is 1. The third kappa shape index (κ3) is 5.51. The van der Waals surface area contributed by atoms with Gasteiger partial charge >= 0.3 is 18.0 Å². The minimum Gasteiger partial charge on any atom is -0.481 e. The Bertz CT molecular complexity index is 1290. The molecule has 4 heterocycles. The second-order valence-electron chi connectivity index (χ2n) is 9.51. The number of hydrogen-bond acceptors (Lipinski definition) is 10.